The maximum Gasteiger partial charge on any atom is 0.0734 e. The van der Waals surface area contributed by atoms with Crippen LogP contribution < -0.4 is 5.73 Å². The number of nitrogens with zero attached hydrogens (tertiary/aromatic N) is 1. The molecule has 1 aromatic heterocycles. The molecule has 0 bridgehead atoms. The van der Waals surface area contributed by atoms with Gasteiger partial charge in [0, 0.05) is 18.1 Å². The molecule has 2 N–H and O–H groups in total. The van der Waals surface area contributed by atoms with Crippen molar-refractivity contribution in [3.63, 3.8) is 0 Å². The Kier molecular flexibility index (Phi) is 5.58. The van der Waals surface area contributed by atoms with E-state index in [1.54, 1.807) is 0 Å². The topological polar surface area (TPSA) is 38.9 Å². The van der Waals surface area contributed by atoms with Crippen molar-refractivity contribution >= 4 is 35.7 Å². The van der Waals surface area contributed by atoms with Crippen molar-refractivity contribution in [3.8, 4) is 0 Å². The largest absolute Gasteiger partial charge is 0.326 e. The van der Waals surface area contributed by atoms with Gasteiger partial charge >= 0.3 is 0 Å². The van der Waals surface area contributed by atoms with Gasteiger partial charge in [0.2, 0.25) is 0 Å². The van der Waals surface area contributed by atoms with E-state index >= 15 is 0 Å². The minimum absolute atomic E-state index is 0. The third-order valence-corrected chi connectivity index (χ3v) is 2.28. The van der Waals surface area contributed by atoms with Crippen LogP contribution >= 0.6 is 24.8 Å². The van der Waals surface area contributed by atoms with Crippen molar-refractivity contribution in [2.24, 2.45) is 5.73 Å². The lowest BCUT2D eigenvalue weighted by atomic mass is 10.1. The Morgan fingerprint density at radius 3 is 2.60 bits per heavy atom. The van der Waals surface area contributed by atoms with Gasteiger partial charge in [0.15, 0.2) is 0 Å². The number of halogens is 2. The summed E-state index contributed by atoms with van der Waals surface area (Å²) in [5, 5.41) is 1.17. The molecule has 82 valence electrons. The molecule has 2 aromatic rings. The van der Waals surface area contributed by atoms with Crippen LogP contribution in [0, 0.1) is 6.92 Å². The van der Waals surface area contributed by atoms with Gasteiger partial charge in [-0.05, 0) is 24.1 Å². The summed E-state index contributed by atoms with van der Waals surface area (Å²) in [6.07, 6.45) is 1.82. The van der Waals surface area contributed by atoms with Crippen LogP contribution in [0.2, 0.25) is 0 Å². The molecule has 1 aromatic carbocycles. The molecular formula is C11H14Cl2N2. The average molecular weight is 245 g/mol. The number of para-hydroxylation sites is 1. The summed E-state index contributed by atoms with van der Waals surface area (Å²) in [6.45, 7) is 2.64. The highest BCUT2D eigenvalue weighted by atomic mass is 35.5. The molecule has 0 saturated carbocycles. The van der Waals surface area contributed by atoms with Crippen molar-refractivity contribution in [3.05, 3.63) is 41.6 Å². The zero-order valence-electron chi connectivity index (χ0n) is 8.43. The Morgan fingerprint density at radius 1 is 1.20 bits per heavy atom. The molecule has 0 spiro atoms. The molecule has 4 heteroatoms. The number of hydrogen-bond acceptors (Lipinski definition) is 2. The van der Waals surface area contributed by atoms with E-state index in [4.69, 9.17) is 5.73 Å². The Balaban J connectivity index is 0.000000980. The first-order chi connectivity index (χ1) is 6.33. The molecular weight excluding hydrogens is 231 g/mol. The molecule has 2 rings (SSSR count). The predicted octanol–water partition coefficient (Wildman–Crippen LogP) is 2.85. The molecule has 0 radical (unpaired) electrons. The quantitative estimate of drug-likeness (QED) is 0.838. The van der Waals surface area contributed by atoms with Gasteiger partial charge in [-0.2, -0.15) is 0 Å². The Labute approximate surface area is 102 Å². The highest BCUT2D eigenvalue weighted by molar-refractivity contribution is 5.86. The zero-order valence-corrected chi connectivity index (χ0v) is 10.1. The fourth-order valence-electron chi connectivity index (χ4n) is 1.56. The molecule has 0 fully saturated rings. The van der Waals surface area contributed by atoms with E-state index in [1.807, 2.05) is 18.3 Å². The van der Waals surface area contributed by atoms with Crippen LogP contribution in [0.15, 0.2) is 30.5 Å². The molecule has 0 unspecified atom stereocenters. The number of aromatic nitrogens is 1. The smallest absolute Gasteiger partial charge is 0.0734 e. The first-order valence-electron chi connectivity index (χ1n) is 4.36. The van der Waals surface area contributed by atoms with Gasteiger partial charge in [0.05, 0.1) is 5.52 Å². The molecule has 0 aliphatic heterocycles. The molecule has 0 aliphatic carbocycles. The van der Waals surface area contributed by atoms with Gasteiger partial charge in [0.25, 0.3) is 0 Å². The standard InChI is InChI=1S/C11H12N2.2ClH/c1-8-3-2-4-10-9(7-12)5-6-13-11(8)10;;/h2-6H,7,12H2,1H3;2*1H. The normalized spacial score (nSPS) is 9.20. The number of aryl methyl sites for hydroxylation is 1. The van der Waals surface area contributed by atoms with E-state index in [9.17, 15) is 0 Å². The summed E-state index contributed by atoms with van der Waals surface area (Å²) in [5.41, 5.74) is 9.06. The van der Waals surface area contributed by atoms with E-state index in [2.05, 4.69) is 24.0 Å². The number of fused-ring (bicyclic) bond motifs is 1. The van der Waals surface area contributed by atoms with Gasteiger partial charge in [-0.1, -0.05) is 18.2 Å². The molecule has 0 atom stereocenters. The van der Waals surface area contributed by atoms with Crippen LogP contribution in [0.25, 0.3) is 10.9 Å². The maximum atomic E-state index is 5.64. The second kappa shape index (κ2) is 5.91. The van der Waals surface area contributed by atoms with E-state index in [-0.39, 0.29) is 24.8 Å². The Hall–Kier alpha value is -0.830. The van der Waals surface area contributed by atoms with E-state index in [0.29, 0.717) is 6.54 Å². The van der Waals surface area contributed by atoms with Gasteiger partial charge < -0.3 is 5.73 Å². The second-order valence-electron chi connectivity index (χ2n) is 3.15. The first-order valence-corrected chi connectivity index (χ1v) is 4.36. The van der Waals surface area contributed by atoms with Crippen LogP contribution in [0.1, 0.15) is 11.1 Å². The fourth-order valence-corrected chi connectivity index (χ4v) is 1.56. The van der Waals surface area contributed by atoms with Crippen molar-refractivity contribution in [1.82, 2.24) is 4.98 Å². The third kappa shape index (κ3) is 2.59. The average Bonchev–Trinajstić information content (AvgIpc) is 2.18. The molecule has 15 heavy (non-hydrogen) atoms. The summed E-state index contributed by atoms with van der Waals surface area (Å²) < 4.78 is 0. The highest BCUT2D eigenvalue weighted by Gasteiger charge is 2.00. The molecule has 0 saturated heterocycles. The van der Waals surface area contributed by atoms with Crippen molar-refractivity contribution in [2.75, 3.05) is 0 Å². The van der Waals surface area contributed by atoms with Crippen LogP contribution in [0.3, 0.4) is 0 Å². The second-order valence-corrected chi connectivity index (χ2v) is 3.15. The Bertz CT molecular complexity index is 444. The van der Waals surface area contributed by atoms with Crippen LogP contribution in [-0.4, -0.2) is 4.98 Å². The Morgan fingerprint density at radius 2 is 1.93 bits per heavy atom. The number of hydrogen-bond donors (Lipinski definition) is 1. The summed E-state index contributed by atoms with van der Waals surface area (Å²) in [6, 6.07) is 8.15. The summed E-state index contributed by atoms with van der Waals surface area (Å²) in [7, 11) is 0. The van der Waals surface area contributed by atoms with Crippen molar-refractivity contribution < 1.29 is 0 Å². The van der Waals surface area contributed by atoms with Gasteiger partial charge in [-0.25, -0.2) is 0 Å². The third-order valence-electron chi connectivity index (χ3n) is 2.28. The fraction of sp³-hybridized carbons (Fsp3) is 0.182. The van der Waals surface area contributed by atoms with E-state index in [1.165, 1.54) is 10.9 Å². The summed E-state index contributed by atoms with van der Waals surface area (Å²) in [4.78, 5) is 4.33. The molecule has 0 aliphatic rings. The maximum absolute atomic E-state index is 5.64. The molecule has 0 amide bonds. The lowest BCUT2D eigenvalue weighted by Gasteiger charge is -2.04. The zero-order chi connectivity index (χ0) is 9.26. The minimum atomic E-state index is 0. The van der Waals surface area contributed by atoms with Gasteiger partial charge in [-0.15, -0.1) is 24.8 Å². The lowest BCUT2D eigenvalue weighted by Crippen LogP contribution is -1.98. The summed E-state index contributed by atoms with van der Waals surface area (Å²) >= 11 is 0. The van der Waals surface area contributed by atoms with Crippen LogP contribution in [0.5, 0.6) is 0 Å². The SMILES string of the molecule is Cc1cccc2c(CN)ccnc12.Cl.Cl. The number of benzene rings is 1. The predicted molar refractivity (Wildman–Crippen MR) is 68.9 cm³/mol. The van der Waals surface area contributed by atoms with Crippen molar-refractivity contribution in [1.29, 1.82) is 0 Å². The molecule has 1 heterocycles. The number of pyridine rings is 1. The number of nitrogens with two attached hydrogens (primary N) is 1. The van der Waals surface area contributed by atoms with Crippen LogP contribution in [0.4, 0.5) is 0 Å². The van der Waals surface area contributed by atoms with Crippen molar-refractivity contribution in [2.45, 2.75) is 13.5 Å². The summed E-state index contributed by atoms with van der Waals surface area (Å²) in [5.74, 6) is 0. The number of rotatable bonds is 1. The van der Waals surface area contributed by atoms with Crippen LogP contribution in [-0.2, 0) is 6.54 Å². The van der Waals surface area contributed by atoms with E-state index < -0.39 is 0 Å². The first kappa shape index (κ1) is 14.2. The minimum Gasteiger partial charge on any atom is -0.326 e. The lowest BCUT2D eigenvalue weighted by molar-refractivity contribution is 1.08. The highest BCUT2D eigenvalue weighted by Crippen LogP contribution is 2.18. The molecule has 2 nitrogen and oxygen atoms in total. The van der Waals surface area contributed by atoms with Gasteiger partial charge in [0.1, 0.15) is 0 Å². The van der Waals surface area contributed by atoms with Gasteiger partial charge in [-0.3, -0.25) is 4.98 Å². The van der Waals surface area contributed by atoms with E-state index in [0.717, 1.165) is 11.1 Å². The monoisotopic (exact) mass is 244 g/mol.